The highest BCUT2D eigenvalue weighted by molar-refractivity contribution is 5.74. The summed E-state index contributed by atoms with van der Waals surface area (Å²) in [6.45, 7) is 2.56. The molecule has 1 aromatic heterocycles. The number of ether oxygens (including phenoxy) is 1. The van der Waals surface area contributed by atoms with Gasteiger partial charge in [0, 0.05) is 26.7 Å². The molecule has 0 aliphatic heterocycles. The van der Waals surface area contributed by atoms with Crippen molar-refractivity contribution < 1.29 is 9.13 Å². The molecule has 18 heavy (non-hydrogen) atoms. The number of halogens is 1. The van der Waals surface area contributed by atoms with Crippen LogP contribution in [0, 0.1) is 5.82 Å². The Hall–Kier alpha value is -1.46. The maximum atomic E-state index is 13.0. The van der Waals surface area contributed by atoms with Crippen molar-refractivity contribution in [3.63, 3.8) is 0 Å². The molecule has 5 heteroatoms. The molecule has 2 rings (SSSR count). The second-order valence-electron chi connectivity index (χ2n) is 4.19. The minimum atomic E-state index is -0.240. The van der Waals surface area contributed by atoms with Gasteiger partial charge in [0.1, 0.15) is 11.6 Å². The number of hydrogen-bond acceptors (Lipinski definition) is 3. The third-order valence-corrected chi connectivity index (χ3v) is 2.73. The number of methoxy groups -OCH3 is 1. The quantitative estimate of drug-likeness (QED) is 0.739. The van der Waals surface area contributed by atoms with Crippen molar-refractivity contribution in [1.29, 1.82) is 0 Å². The zero-order valence-corrected chi connectivity index (χ0v) is 10.5. The van der Waals surface area contributed by atoms with Gasteiger partial charge in [-0.05, 0) is 31.2 Å². The van der Waals surface area contributed by atoms with Gasteiger partial charge in [0.2, 0.25) is 0 Å². The van der Waals surface area contributed by atoms with Gasteiger partial charge in [-0.25, -0.2) is 9.37 Å². The van der Waals surface area contributed by atoms with Crippen LogP contribution >= 0.6 is 0 Å². The maximum absolute atomic E-state index is 13.0. The summed E-state index contributed by atoms with van der Waals surface area (Å²) in [6, 6.07) is 4.59. The number of nitrogens with one attached hydrogen (secondary N) is 2. The van der Waals surface area contributed by atoms with E-state index < -0.39 is 0 Å². The molecular formula is C13H18FN3O. The molecule has 0 aliphatic carbocycles. The molecule has 98 valence electrons. The molecular weight excluding hydrogens is 233 g/mol. The third kappa shape index (κ3) is 3.51. The van der Waals surface area contributed by atoms with Crippen molar-refractivity contribution >= 4 is 11.0 Å². The molecule has 0 radical (unpaired) electrons. The van der Waals surface area contributed by atoms with Gasteiger partial charge in [0.15, 0.2) is 0 Å². The van der Waals surface area contributed by atoms with E-state index in [1.54, 1.807) is 13.2 Å². The van der Waals surface area contributed by atoms with Gasteiger partial charge in [-0.1, -0.05) is 0 Å². The van der Waals surface area contributed by atoms with Crippen LogP contribution in [0.5, 0.6) is 0 Å². The molecule has 0 saturated heterocycles. The normalized spacial score (nSPS) is 11.2. The Morgan fingerprint density at radius 1 is 1.39 bits per heavy atom. The van der Waals surface area contributed by atoms with Gasteiger partial charge < -0.3 is 15.0 Å². The lowest BCUT2D eigenvalue weighted by molar-refractivity contribution is 0.194. The second-order valence-corrected chi connectivity index (χ2v) is 4.19. The number of imidazole rings is 1. The van der Waals surface area contributed by atoms with E-state index in [4.69, 9.17) is 4.74 Å². The topological polar surface area (TPSA) is 49.9 Å². The lowest BCUT2D eigenvalue weighted by Crippen LogP contribution is -2.19. The molecule has 2 N–H and O–H groups in total. The van der Waals surface area contributed by atoms with E-state index in [2.05, 4.69) is 15.3 Å². The fourth-order valence-corrected chi connectivity index (χ4v) is 1.83. The van der Waals surface area contributed by atoms with Gasteiger partial charge in [-0.3, -0.25) is 0 Å². The van der Waals surface area contributed by atoms with E-state index in [1.807, 2.05) is 0 Å². The Morgan fingerprint density at radius 2 is 2.28 bits per heavy atom. The van der Waals surface area contributed by atoms with Crippen LogP contribution in [0.1, 0.15) is 12.2 Å². The number of fused-ring (bicyclic) bond motifs is 1. The van der Waals surface area contributed by atoms with Crippen LogP contribution in [0.4, 0.5) is 4.39 Å². The number of H-pyrrole nitrogens is 1. The Bertz CT molecular complexity index is 498. The Kier molecular flexibility index (Phi) is 4.66. The monoisotopic (exact) mass is 251 g/mol. The largest absolute Gasteiger partial charge is 0.385 e. The zero-order chi connectivity index (χ0) is 12.8. The van der Waals surface area contributed by atoms with Crippen molar-refractivity contribution in [2.24, 2.45) is 0 Å². The lowest BCUT2D eigenvalue weighted by Gasteiger charge is -2.02. The van der Waals surface area contributed by atoms with Crippen LogP contribution < -0.4 is 5.32 Å². The number of benzene rings is 1. The molecule has 1 aromatic carbocycles. The number of hydrogen-bond donors (Lipinski definition) is 2. The summed E-state index contributed by atoms with van der Waals surface area (Å²) in [5.41, 5.74) is 1.56. The van der Waals surface area contributed by atoms with E-state index in [9.17, 15) is 4.39 Å². The van der Waals surface area contributed by atoms with Crippen molar-refractivity contribution in [2.45, 2.75) is 12.8 Å². The number of rotatable bonds is 7. The first-order valence-corrected chi connectivity index (χ1v) is 6.13. The standard InChI is InChI=1S/C13H18FN3O/c1-18-8-2-6-15-7-5-13-16-11-4-3-10(14)9-12(11)17-13/h3-4,9,15H,2,5-8H2,1H3,(H,16,17). The third-order valence-electron chi connectivity index (χ3n) is 2.73. The summed E-state index contributed by atoms with van der Waals surface area (Å²) in [4.78, 5) is 7.52. The zero-order valence-electron chi connectivity index (χ0n) is 10.5. The highest BCUT2D eigenvalue weighted by Gasteiger charge is 2.03. The van der Waals surface area contributed by atoms with E-state index in [-0.39, 0.29) is 5.82 Å². The summed E-state index contributed by atoms with van der Waals surface area (Å²) in [5.74, 6) is 0.644. The van der Waals surface area contributed by atoms with Crippen LogP contribution in [0.25, 0.3) is 11.0 Å². The predicted molar refractivity (Wildman–Crippen MR) is 69.1 cm³/mol. The molecule has 1 heterocycles. The average molecular weight is 251 g/mol. The van der Waals surface area contributed by atoms with Crippen molar-refractivity contribution in [2.75, 3.05) is 26.8 Å². The molecule has 4 nitrogen and oxygen atoms in total. The predicted octanol–water partition coefficient (Wildman–Crippen LogP) is 1.87. The van der Waals surface area contributed by atoms with E-state index in [1.165, 1.54) is 12.1 Å². The smallest absolute Gasteiger partial charge is 0.125 e. The van der Waals surface area contributed by atoms with Crippen molar-refractivity contribution in [3.05, 3.63) is 29.8 Å². The second kappa shape index (κ2) is 6.47. The maximum Gasteiger partial charge on any atom is 0.125 e. The lowest BCUT2D eigenvalue weighted by atomic mass is 10.3. The highest BCUT2D eigenvalue weighted by atomic mass is 19.1. The number of aromatic amines is 1. The van der Waals surface area contributed by atoms with Crippen LogP contribution in [0.15, 0.2) is 18.2 Å². The molecule has 0 spiro atoms. The van der Waals surface area contributed by atoms with E-state index >= 15 is 0 Å². The Labute approximate surface area is 106 Å². The van der Waals surface area contributed by atoms with Crippen molar-refractivity contribution in [3.8, 4) is 0 Å². The van der Waals surface area contributed by atoms with Gasteiger partial charge in [0.25, 0.3) is 0 Å². The summed E-state index contributed by atoms with van der Waals surface area (Å²) < 4.78 is 18.0. The van der Waals surface area contributed by atoms with Gasteiger partial charge in [-0.2, -0.15) is 0 Å². The van der Waals surface area contributed by atoms with Crippen molar-refractivity contribution in [1.82, 2.24) is 15.3 Å². The van der Waals surface area contributed by atoms with Gasteiger partial charge in [0.05, 0.1) is 11.0 Å². The fourth-order valence-electron chi connectivity index (χ4n) is 1.83. The minimum absolute atomic E-state index is 0.240. The fraction of sp³-hybridized carbons (Fsp3) is 0.462. The molecule has 0 bridgehead atoms. The average Bonchev–Trinajstić information content (AvgIpc) is 2.75. The molecule has 0 aliphatic rings. The van der Waals surface area contributed by atoms with Crippen LogP contribution in [-0.4, -0.2) is 36.8 Å². The van der Waals surface area contributed by atoms with Gasteiger partial charge in [-0.15, -0.1) is 0 Å². The molecule has 0 amide bonds. The summed E-state index contributed by atoms with van der Waals surface area (Å²) in [5, 5.41) is 3.31. The van der Waals surface area contributed by atoms with Crippen LogP contribution in [0.2, 0.25) is 0 Å². The first-order chi connectivity index (χ1) is 8.79. The Balaban J connectivity index is 1.81. The number of nitrogens with zero attached hydrogens (tertiary/aromatic N) is 1. The first-order valence-electron chi connectivity index (χ1n) is 6.13. The molecule has 0 saturated carbocycles. The van der Waals surface area contributed by atoms with E-state index in [0.717, 1.165) is 49.4 Å². The molecule has 0 fully saturated rings. The summed E-state index contributed by atoms with van der Waals surface area (Å²) in [7, 11) is 1.70. The first kappa shape index (κ1) is 13.0. The molecule has 2 aromatic rings. The SMILES string of the molecule is COCCCNCCc1nc2ccc(F)cc2[nH]1. The minimum Gasteiger partial charge on any atom is -0.385 e. The highest BCUT2D eigenvalue weighted by Crippen LogP contribution is 2.12. The summed E-state index contributed by atoms with van der Waals surface area (Å²) in [6.07, 6.45) is 1.81. The van der Waals surface area contributed by atoms with E-state index in [0.29, 0.717) is 0 Å². The Morgan fingerprint density at radius 3 is 3.11 bits per heavy atom. The summed E-state index contributed by atoms with van der Waals surface area (Å²) >= 11 is 0. The van der Waals surface area contributed by atoms with Crippen LogP contribution in [-0.2, 0) is 11.2 Å². The van der Waals surface area contributed by atoms with Gasteiger partial charge >= 0.3 is 0 Å². The number of aromatic nitrogens is 2. The molecule has 0 unspecified atom stereocenters. The molecule has 0 atom stereocenters. The van der Waals surface area contributed by atoms with Crippen LogP contribution in [0.3, 0.4) is 0 Å².